The first-order valence-corrected chi connectivity index (χ1v) is 9.10. The largest absolute Gasteiger partial charge is 0.395 e. The van der Waals surface area contributed by atoms with Gasteiger partial charge in [-0.3, -0.25) is 4.79 Å². The average molecular weight is 408 g/mol. The average Bonchev–Trinajstić information content (AvgIpc) is 2.58. The van der Waals surface area contributed by atoms with Crippen LogP contribution in [-0.2, 0) is 9.84 Å². The molecule has 1 unspecified atom stereocenters. The summed E-state index contributed by atoms with van der Waals surface area (Å²) in [5, 5.41) is 9.90. The Balaban J connectivity index is 2.38. The standard InChI is InChI=1S/C16H13ClF3NO4S/c1-8(7-22)26(24,25)14-4-9(2-3-11(14)17)16(23)21-10-5-12(18)15(20)13(19)6-10/h2-6,8,22H,7H2,1H3,(H,21,23). The molecule has 0 aliphatic rings. The second kappa shape index (κ2) is 7.65. The highest BCUT2D eigenvalue weighted by Crippen LogP contribution is 2.27. The van der Waals surface area contributed by atoms with E-state index < -0.39 is 45.1 Å². The van der Waals surface area contributed by atoms with Gasteiger partial charge in [0, 0.05) is 23.4 Å². The topological polar surface area (TPSA) is 83.5 Å². The van der Waals surface area contributed by atoms with E-state index in [1.54, 1.807) is 0 Å². The number of halogens is 4. The van der Waals surface area contributed by atoms with E-state index in [9.17, 15) is 26.4 Å². The molecule has 2 aromatic rings. The van der Waals surface area contributed by atoms with Crippen LogP contribution in [0.4, 0.5) is 18.9 Å². The van der Waals surface area contributed by atoms with Gasteiger partial charge in [-0.25, -0.2) is 21.6 Å². The number of sulfone groups is 1. The third-order valence-corrected chi connectivity index (χ3v) is 6.13. The molecule has 0 aliphatic carbocycles. The van der Waals surface area contributed by atoms with Gasteiger partial charge in [0.25, 0.3) is 5.91 Å². The number of aliphatic hydroxyl groups is 1. The monoisotopic (exact) mass is 407 g/mol. The summed E-state index contributed by atoms with van der Waals surface area (Å²) < 4.78 is 64.0. The second-order valence-electron chi connectivity index (χ2n) is 5.39. The van der Waals surface area contributed by atoms with Crippen LogP contribution in [0.15, 0.2) is 35.2 Å². The number of amides is 1. The fourth-order valence-corrected chi connectivity index (χ4v) is 3.71. The summed E-state index contributed by atoms with van der Waals surface area (Å²) in [4.78, 5) is 11.8. The molecule has 0 fully saturated rings. The maximum absolute atomic E-state index is 13.2. The lowest BCUT2D eigenvalue weighted by Crippen LogP contribution is -2.22. The minimum atomic E-state index is -4.00. The predicted molar refractivity (Wildman–Crippen MR) is 89.5 cm³/mol. The molecule has 2 N–H and O–H groups in total. The number of rotatable bonds is 5. The fourth-order valence-electron chi connectivity index (χ4n) is 2.01. The van der Waals surface area contributed by atoms with Gasteiger partial charge in [0.1, 0.15) is 0 Å². The Morgan fingerprint density at radius 3 is 2.31 bits per heavy atom. The highest BCUT2D eigenvalue weighted by molar-refractivity contribution is 7.92. The summed E-state index contributed by atoms with van der Waals surface area (Å²) in [7, 11) is -4.00. The minimum absolute atomic E-state index is 0.152. The van der Waals surface area contributed by atoms with Crippen LogP contribution in [0, 0.1) is 17.5 Å². The summed E-state index contributed by atoms with van der Waals surface area (Å²) >= 11 is 5.87. The van der Waals surface area contributed by atoms with Gasteiger partial charge in [0.2, 0.25) is 0 Å². The van der Waals surface area contributed by atoms with Gasteiger partial charge in [-0.15, -0.1) is 0 Å². The Hall–Kier alpha value is -2.10. The molecule has 0 bridgehead atoms. The van der Waals surface area contributed by atoms with E-state index in [4.69, 9.17) is 16.7 Å². The number of aliphatic hydroxyl groups excluding tert-OH is 1. The van der Waals surface area contributed by atoms with Gasteiger partial charge in [0.05, 0.1) is 21.8 Å². The summed E-state index contributed by atoms with van der Waals surface area (Å²) in [5.41, 5.74) is -0.516. The Morgan fingerprint density at radius 2 is 1.77 bits per heavy atom. The van der Waals surface area contributed by atoms with E-state index in [1.165, 1.54) is 19.1 Å². The van der Waals surface area contributed by atoms with E-state index in [2.05, 4.69) is 5.32 Å². The van der Waals surface area contributed by atoms with Crippen molar-refractivity contribution in [3.63, 3.8) is 0 Å². The van der Waals surface area contributed by atoms with E-state index in [1.807, 2.05) is 0 Å². The van der Waals surface area contributed by atoms with Crippen molar-refractivity contribution in [1.29, 1.82) is 0 Å². The van der Waals surface area contributed by atoms with Crippen LogP contribution in [0.3, 0.4) is 0 Å². The molecule has 26 heavy (non-hydrogen) atoms. The van der Waals surface area contributed by atoms with Crippen LogP contribution in [0.2, 0.25) is 5.02 Å². The van der Waals surface area contributed by atoms with Crippen molar-refractivity contribution in [2.24, 2.45) is 0 Å². The van der Waals surface area contributed by atoms with Gasteiger partial charge in [-0.2, -0.15) is 0 Å². The number of carbonyl (C=O) groups excluding carboxylic acids is 1. The van der Waals surface area contributed by atoms with Crippen LogP contribution < -0.4 is 5.32 Å². The molecule has 0 heterocycles. The van der Waals surface area contributed by atoms with E-state index in [0.29, 0.717) is 12.1 Å². The number of hydrogen-bond donors (Lipinski definition) is 2. The third kappa shape index (κ3) is 4.00. The van der Waals surface area contributed by atoms with E-state index in [-0.39, 0.29) is 21.2 Å². The number of carbonyl (C=O) groups is 1. The zero-order valence-electron chi connectivity index (χ0n) is 13.3. The number of benzene rings is 2. The van der Waals surface area contributed by atoms with Gasteiger partial charge < -0.3 is 10.4 Å². The van der Waals surface area contributed by atoms with Crippen molar-refractivity contribution in [2.45, 2.75) is 17.1 Å². The smallest absolute Gasteiger partial charge is 0.255 e. The first kappa shape index (κ1) is 20.2. The molecule has 2 rings (SSSR count). The number of nitrogens with one attached hydrogen (secondary N) is 1. The molecule has 0 radical (unpaired) electrons. The van der Waals surface area contributed by atoms with Gasteiger partial charge >= 0.3 is 0 Å². The lowest BCUT2D eigenvalue weighted by atomic mass is 10.2. The zero-order chi connectivity index (χ0) is 19.6. The second-order valence-corrected chi connectivity index (χ2v) is 8.13. The quantitative estimate of drug-likeness (QED) is 0.746. The lowest BCUT2D eigenvalue weighted by molar-refractivity contribution is 0.102. The molecular weight excluding hydrogens is 395 g/mol. The Kier molecular flexibility index (Phi) is 5.94. The molecule has 0 spiro atoms. The molecule has 0 saturated heterocycles. The molecule has 0 saturated carbocycles. The molecule has 2 aromatic carbocycles. The molecular formula is C16H13ClF3NO4S. The van der Waals surface area contributed by atoms with Gasteiger partial charge in [-0.1, -0.05) is 11.6 Å². The Bertz CT molecular complexity index is 943. The van der Waals surface area contributed by atoms with Crippen molar-refractivity contribution in [2.75, 3.05) is 11.9 Å². The summed E-state index contributed by atoms with van der Waals surface area (Å²) in [5.74, 6) is -5.55. The third-order valence-electron chi connectivity index (χ3n) is 3.53. The fraction of sp³-hybridized carbons (Fsp3) is 0.188. The molecule has 1 amide bonds. The van der Waals surface area contributed by atoms with Crippen molar-refractivity contribution >= 4 is 33.0 Å². The molecule has 0 aliphatic heterocycles. The van der Waals surface area contributed by atoms with Crippen molar-refractivity contribution in [3.05, 3.63) is 58.4 Å². The van der Waals surface area contributed by atoms with Crippen LogP contribution in [0.25, 0.3) is 0 Å². The zero-order valence-corrected chi connectivity index (χ0v) is 14.8. The summed E-state index contributed by atoms with van der Waals surface area (Å²) in [6.07, 6.45) is 0. The van der Waals surface area contributed by atoms with Crippen molar-refractivity contribution in [3.8, 4) is 0 Å². The van der Waals surface area contributed by atoms with E-state index in [0.717, 1.165) is 6.07 Å². The molecule has 0 aromatic heterocycles. The normalized spacial score (nSPS) is 12.7. The first-order chi connectivity index (χ1) is 12.1. The molecule has 140 valence electrons. The van der Waals surface area contributed by atoms with Gasteiger partial charge in [0.15, 0.2) is 27.3 Å². The minimum Gasteiger partial charge on any atom is -0.395 e. The Morgan fingerprint density at radius 1 is 1.19 bits per heavy atom. The highest BCUT2D eigenvalue weighted by atomic mass is 35.5. The molecule has 10 heteroatoms. The van der Waals surface area contributed by atoms with Crippen molar-refractivity contribution in [1.82, 2.24) is 0 Å². The maximum atomic E-state index is 13.2. The van der Waals surface area contributed by atoms with E-state index >= 15 is 0 Å². The predicted octanol–water partition coefficient (Wildman–Crippen LogP) is 3.16. The van der Waals surface area contributed by atoms with Crippen LogP contribution in [0.5, 0.6) is 0 Å². The maximum Gasteiger partial charge on any atom is 0.255 e. The number of anilines is 1. The summed E-state index contributed by atoms with van der Waals surface area (Å²) in [6.45, 7) is 0.617. The first-order valence-electron chi connectivity index (χ1n) is 7.18. The molecule has 1 atom stereocenters. The van der Waals surface area contributed by atoms with Crippen LogP contribution in [0.1, 0.15) is 17.3 Å². The van der Waals surface area contributed by atoms with Crippen molar-refractivity contribution < 1.29 is 31.5 Å². The SMILES string of the molecule is CC(CO)S(=O)(=O)c1cc(C(=O)Nc2cc(F)c(F)c(F)c2)ccc1Cl. The highest BCUT2D eigenvalue weighted by Gasteiger charge is 2.26. The van der Waals surface area contributed by atoms with Gasteiger partial charge in [-0.05, 0) is 25.1 Å². The number of hydrogen-bond acceptors (Lipinski definition) is 4. The Labute approximate surface area is 152 Å². The lowest BCUT2D eigenvalue weighted by Gasteiger charge is -2.13. The van der Waals surface area contributed by atoms with Crippen LogP contribution in [-0.4, -0.2) is 31.3 Å². The van der Waals surface area contributed by atoms with Crippen LogP contribution >= 0.6 is 11.6 Å². The summed E-state index contributed by atoms with van der Waals surface area (Å²) in [6, 6.07) is 4.51. The molecule has 5 nitrogen and oxygen atoms in total.